The van der Waals surface area contributed by atoms with Gasteiger partial charge in [0, 0.05) is 11.6 Å². The van der Waals surface area contributed by atoms with Crippen LogP contribution in [0.5, 0.6) is 0 Å². The summed E-state index contributed by atoms with van der Waals surface area (Å²) in [6.07, 6.45) is 1.52. The molecule has 3 aromatic carbocycles. The molecule has 0 atom stereocenters. The van der Waals surface area contributed by atoms with Crippen LogP contribution in [0.3, 0.4) is 0 Å². The monoisotopic (exact) mass is 497 g/mol. The average Bonchev–Trinajstić information content (AvgIpc) is 2.75. The zero-order chi connectivity index (χ0) is 24.9. The molecule has 0 spiro atoms. The van der Waals surface area contributed by atoms with Crippen LogP contribution in [0, 0.1) is 27.7 Å². The summed E-state index contributed by atoms with van der Waals surface area (Å²) in [7, 11) is -3.98. The Bertz CT molecular complexity index is 1280. The molecular weight excluding hydrogens is 470 g/mol. The molecule has 0 heterocycles. The molecule has 8 heteroatoms. The molecule has 34 heavy (non-hydrogen) atoms. The minimum Gasteiger partial charge on any atom is -0.272 e. The van der Waals surface area contributed by atoms with E-state index in [1.54, 1.807) is 38.1 Å². The summed E-state index contributed by atoms with van der Waals surface area (Å²) in [5.74, 6) is -0.539. The molecule has 6 nitrogen and oxygen atoms in total. The van der Waals surface area contributed by atoms with Crippen LogP contribution in [0.1, 0.15) is 33.4 Å². The molecule has 3 aromatic rings. The van der Waals surface area contributed by atoms with E-state index in [0.29, 0.717) is 21.7 Å². The van der Waals surface area contributed by atoms with E-state index in [1.165, 1.54) is 6.21 Å². The Labute approximate surface area is 206 Å². The van der Waals surface area contributed by atoms with Gasteiger partial charge in [0.2, 0.25) is 10.0 Å². The third-order valence-corrected chi connectivity index (χ3v) is 7.62. The number of aryl methyl sites for hydroxylation is 4. The lowest BCUT2D eigenvalue weighted by atomic mass is 10.1. The Kier molecular flexibility index (Phi) is 8.25. The molecule has 0 aliphatic carbocycles. The van der Waals surface area contributed by atoms with Crippen molar-refractivity contribution >= 4 is 33.7 Å². The van der Waals surface area contributed by atoms with Gasteiger partial charge in [0.15, 0.2) is 0 Å². The van der Waals surface area contributed by atoms with Crippen LogP contribution in [-0.2, 0) is 21.4 Å². The van der Waals surface area contributed by atoms with E-state index in [1.807, 2.05) is 50.2 Å². The van der Waals surface area contributed by atoms with E-state index in [9.17, 15) is 13.2 Å². The van der Waals surface area contributed by atoms with Crippen molar-refractivity contribution in [1.29, 1.82) is 0 Å². The molecule has 1 N–H and O–H groups in total. The number of carbonyl (C=O) groups is 1. The minimum atomic E-state index is -3.98. The highest BCUT2D eigenvalue weighted by Crippen LogP contribution is 2.26. The minimum absolute atomic E-state index is 0.0152. The van der Waals surface area contributed by atoms with Gasteiger partial charge in [0.1, 0.15) is 0 Å². The molecule has 0 radical (unpaired) electrons. The third-order valence-electron chi connectivity index (χ3n) is 5.27. The second-order valence-corrected chi connectivity index (χ2v) is 10.6. The summed E-state index contributed by atoms with van der Waals surface area (Å²) in [6, 6.07) is 18.2. The van der Waals surface area contributed by atoms with E-state index in [4.69, 9.17) is 11.6 Å². The number of hydrazone groups is 1. The molecular formula is C26H28ClN3O3S. The summed E-state index contributed by atoms with van der Waals surface area (Å²) >= 11 is 5.98. The van der Waals surface area contributed by atoms with Gasteiger partial charge in [-0.2, -0.15) is 9.41 Å². The second-order valence-electron chi connectivity index (χ2n) is 8.33. The molecule has 3 rings (SSSR count). The third kappa shape index (κ3) is 6.53. The van der Waals surface area contributed by atoms with Crippen molar-refractivity contribution in [3.63, 3.8) is 0 Å². The van der Waals surface area contributed by atoms with E-state index in [2.05, 4.69) is 10.5 Å². The standard InChI is InChI=1S/C26H28ClN3O3S/c1-18-5-7-22(8-6-18)15-28-29-25(31)17-30(16-23-9-11-24(27)12-10-23)34(32,33)26-20(3)13-19(2)14-21(26)4/h5-15H,16-17H2,1-4H3,(H,29,31). The number of benzene rings is 3. The Morgan fingerprint density at radius 1 is 0.941 bits per heavy atom. The molecule has 0 fully saturated rings. The maximum atomic E-state index is 13.7. The number of halogens is 1. The van der Waals surface area contributed by atoms with E-state index < -0.39 is 15.9 Å². The summed E-state index contributed by atoms with van der Waals surface area (Å²) in [6.45, 7) is 7.06. The fourth-order valence-corrected chi connectivity index (χ4v) is 5.67. The maximum Gasteiger partial charge on any atom is 0.255 e. The first-order chi connectivity index (χ1) is 16.1. The van der Waals surface area contributed by atoms with Crippen molar-refractivity contribution in [2.75, 3.05) is 6.54 Å². The largest absolute Gasteiger partial charge is 0.272 e. The number of carbonyl (C=O) groups excluding carboxylic acids is 1. The first-order valence-electron chi connectivity index (χ1n) is 10.8. The summed E-state index contributed by atoms with van der Waals surface area (Å²) in [4.78, 5) is 12.9. The highest BCUT2D eigenvalue weighted by atomic mass is 35.5. The van der Waals surface area contributed by atoms with Crippen LogP contribution in [0.15, 0.2) is 70.7 Å². The molecule has 0 saturated heterocycles. The normalized spacial score (nSPS) is 11.8. The molecule has 1 amide bonds. The van der Waals surface area contributed by atoms with Crippen molar-refractivity contribution in [2.24, 2.45) is 5.10 Å². The van der Waals surface area contributed by atoms with Crippen LogP contribution in [0.2, 0.25) is 5.02 Å². The van der Waals surface area contributed by atoms with Crippen LogP contribution in [-0.4, -0.2) is 31.4 Å². The van der Waals surface area contributed by atoms with Crippen molar-refractivity contribution in [1.82, 2.24) is 9.73 Å². The summed E-state index contributed by atoms with van der Waals surface area (Å²) in [5.41, 5.74) is 7.33. The summed E-state index contributed by atoms with van der Waals surface area (Å²) < 4.78 is 28.6. The van der Waals surface area contributed by atoms with Gasteiger partial charge in [0.25, 0.3) is 5.91 Å². The molecule has 0 saturated carbocycles. The molecule has 178 valence electrons. The average molecular weight is 498 g/mol. The number of amides is 1. The van der Waals surface area contributed by atoms with Gasteiger partial charge in [-0.25, -0.2) is 13.8 Å². The zero-order valence-corrected chi connectivity index (χ0v) is 21.2. The van der Waals surface area contributed by atoms with Crippen LogP contribution < -0.4 is 5.43 Å². The molecule has 0 aromatic heterocycles. The van der Waals surface area contributed by atoms with Gasteiger partial charge in [-0.3, -0.25) is 4.79 Å². The Balaban J connectivity index is 1.86. The predicted molar refractivity (Wildman–Crippen MR) is 137 cm³/mol. The number of sulfonamides is 1. The first kappa shape index (κ1) is 25.6. The van der Waals surface area contributed by atoms with E-state index in [0.717, 1.165) is 21.0 Å². The van der Waals surface area contributed by atoms with Gasteiger partial charge < -0.3 is 0 Å². The Morgan fingerprint density at radius 2 is 1.53 bits per heavy atom. The van der Waals surface area contributed by atoms with Crippen LogP contribution in [0.25, 0.3) is 0 Å². The number of nitrogens with zero attached hydrogens (tertiary/aromatic N) is 2. The van der Waals surface area contributed by atoms with Gasteiger partial charge in [-0.1, -0.05) is 71.3 Å². The molecule has 0 aliphatic rings. The predicted octanol–water partition coefficient (Wildman–Crippen LogP) is 4.91. The molecule has 0 bridgehead atoms. The van der Waals surface area contributed by atoms with Gasteiger partial charge >= 0.3 is 0 Å². The maximum absolute atomic E-state index is 13.7. The molecule has 0 aliphatic heterocycles. The SMILES string of the molecule is Cc1ccc(C=NNC(=O)CN(Cc2ccc(Cl)cc2)S(=O)(=O)c2c(C)cc(C)cc2C)cc1. The fraction of sp³-hybridized carbons (Fsp3) is 0.231. The van der Waals surface area contributed by atoms with Gasteiger partial charge in [0.05, 0.1) is 17.7 Å². The zero-order valence-electron chi connectivity index (χ0n) is 19.7. The highest BCUT2D eigenvalue weighted by Gasteiger charge is 2.30. The Hall–Kier alpha value is -3.00. The number of hydrogen-bond donors (Lipinski definition) is 1. The van der Waals surface area contributed by atoms with Crippen molar-refractivity contribution < 1.29 is 13.2 Å². The first-order valence-corrected chi connectivity index (χ1v) is 12.6. The fourth-order valence-electron chi connectivity index (χ4n) is 3.75. The second kappa shape index (κ2) is 11.0. The van der Waals surface area contributed by atoms with Crippen molar-refractivity contribution in [2.45, 2.75) is 39.1 Å². The number of hydrogen-bond acceptors (Lipinski definition) is 4. The quantitative estimate of drug-likeness (QED) is 0.354. The van der Waals surface area contributed by atoms with Crippen molar-refractivity contribution in [3.8, 4) is 0 Å². The van der Waals surface area contributed by atoms with E-state index in [-0.39, 0.29) is 18.0 Å². The van der Waals surface area contributed by atoms with Crippen molar-refractivity contribution in [3.05, 3.63) is 99.1 Å². The highest BCUT2D eigenvalue weighted by molar-refractivity contribution is 7.89. The number of nitrogens with one attached hydrogen (secondary N) is 1. The lowest BCUT2D eigenvalue weighted by Gasteiger charge is -2.24. The summed E-state index contributed by atoms with van der Waals surface area (Å²) in [5, 5.41) is 4.53. The molecule has 0 unspecified atom stereocenters. The van der Waals surface area contributed by atoms with Crippen LogP contribution >= 0.6 is 11.6 Å². The Morgan fingerprint density at radius 3 is 2.12 bits per heavy atom. The topological polar surface area (TPSA) is 78.8 Å². The van der Waals surface area contributed by atoms with E-state index >= 15 is 0 Å². The van der Waals surface area contributed by atoms with Gasteiger partial charge in [-0.15, -0.1) is 0 Å². The smallest absolute Gasteiger partial charge is 0.255 e. The van der Waals surface area contributed by atoms with Crippen LogP contribution in [0.4, 0.5) is 0 Å². The number of rotatable bonds is 8. The lowest BCUT2D eigenvalue weighted by molar-refractivity contribution is -0.121. The lowest BCUT2D eigenvalue weighted by Crippen LogP contribution is -2.39. The van der Waals surface area contributed by atoms with Gasteiger partial charge in [-0.05, 0) is 62.1 Å².